The number of benzene rings is 1. The van der Waals surface area contributed by atoms with Crippen LogP contribution in [-0.4, -0.2) is 33.7 Å². The van der Waals surface area contributed by atoms with Crippen molar-refractivity contribution in [3.05, 3.63) is 24.3 Å². The summed E-state index contributed by atoms with van der Waals surface area (Å²) in [5.41, 5.74) is 2.03. The topological polar surface area (TPSA) is 58.4 Å². The van der Waals surface area contributed by atoms with E-state index in [2.05, 4.69) is 9.88 Å². The van der Waals surface area contributed by atoms with Gasteiger partial charge in [-0.3, -0.25) is 4.79 Å². The second-order valence-electron chi connectivity index (χ2n) is 5.08. The van der Waals surface area contributed by atoms with Crippen LogP contribution in [0.15, 0.2) is 24.3 Å². The maximum absolute atomic E-state index is 11.1. The molecule has 0 bridgehead atoms. The number of aryl methyl sites for hydroxylation is 1. The molecule has 3 rings (SSSR count). The van der Waals surface area contributed by atoms with Crippen LogP contribution in [0.5, 0.6) is 0 Å². The lowest BCUT2D eigenvalue weighted by Gasteiger charge is -2.31. The van der Waals surface area contributed by atoms with Crippen LogP contribution >= 0.6 is 0 Å². The number of piperidine rings is 1. The lowest BCUT2D eigenvalue weighted by molar-refractivity contribution is -0.141. The Balaban J connectivity index is 1.95. The number of hydrogen-bond acceptors (Lipinski definition) is 3. The first-order valence-corrected chi connectivity index (χ1v) is 6.56. The predicted molar refractivity (Wildman–Crippen MR) is 73.3 cm³/mol. The molecule has 0 aliphatic carbocycles. The maximum Gasteiger partial charge on any atom is 0.308 e. The van der Waals surface area contributed by atoms with Gasteiger partial charge in [-0.15, -0.1) is 0 Å². The zero-order valence-corrected chi connectivity index (χ0v) is 10.9. The third-order valence-electron chi connectivity index (χ3n) is 3.82. The largest absolute Gasteiger partial charge is 0.481 e. The standard InChI is InChI=1S/C14H17N3O2/c1-16-12-7-3-2-6-11(12)15-14(16)17-8-4-5-10(9-17)13(18)19/h2-3,6-7,10H,4-5,8-9H2,1H3,(H,18,19)/t10-/m0/s1. The highest BCUT2D eigenvalue weighted by atomic mass is 16.4. The Morgan fingerprint density at radius 1 is 1.42 bits per heavy atom. The highest BCUT2D eigenvalue weighted by molar-refractivity contribution is 5.79. The number of imidazole rings is 1. The number of carboxylic acids is 1. The van der Waals surface area contributed by atoms with Gasteiger partial charge in [0.25, 0.3) is 0 Å². The SMILES string of the molecule is Cn1c(N2CCC[C@H](C(=O)O)C2)nc2ccccc21. The van der Waals surface area contributed by atoms with Gasteiger partial charge in [-0.1, -0.05) is 12.1 Å². The number of carbonyl (C=O) groups is 1. The van der Waals surface area contributed by atoms with Gasteiger partial charge in [0, 0.05) is 20.1 Å². The van der Waals surface area contributed by atoms with Gasteiger partial charge in [0.2, 0.25) is 5.95 Å². The van der Waals surface area contributed by atoms with Gasteiger partial charge in [0.15, 0.2) is 0 Å². The van der Waals surface area contributed by atoms with Crippen molar-refractivity contribution in [2.24, 2.45) is 13.0 Å². The molecule has 1 fully saturated rings. The minimum Gasteiger partial charge on any atom is -0.481 e. The van der Waals surface area contributed by atoms with Crippen molar-refractivity contribution in [3.63, 3.8) is 0 Å². The lowest BCUT2D eigenvalue weighted by atomic mass is 9.99. The van der Waals surface area contributed by atoms with Gasteiger partial charge < -0.3 is 14.6 Å². The first-order valence-electron chi connectivity index (χ1n) is 6.56. The van der Waals surface area contributed by atoms with E-state index in [0.717, 1.165) is 36.4 Å². The van der Waals surface area contributed by atoms with Crippen LogP contribution in [0.1, 0.15) is 12.8 Å². The normalized spacial score (nSPS) is 19.8. The van der Waals surface area contributed by atoms with Crippen molar-refractivity contribution in [1.82, 2.24) is 9.55 Å². The van der Waals surface area contributed by atoms with Crippen molar-refractivity contribution < 1.29 is 9.90 Å². The molecule has 2 heterocycles. The summed E-state index contributed by atoms with van der Waals surface area (Å²) in [6.45, 7) is 1.42. The highest BCUT2D eigenvalue weighted by Gasteiger charge is 2.27. The van der Waals surface area contributed by atoms with Crippen LogP contribution in [0.25, 0.3) is 11.0 Å². The molecule has 19 heavy (non-hydrogen) atoms. The molecule has 1 aromatic heterocycles. The van der Waals surface area contributed by atoms with Gasteiger partial charge >= 0.3 is 5.97 Å². The number of aromatic nitrogens is 2. The summed E-state index contributed by atoms with van der Waals surface area (Å²) >= 11 is 0. The summed E-state index contributed by atoms with van der Waals surface area (Å²) in [5, 5.41) is 9.16. The Labute approximate surface area is 111 Å². The van der Waals surface area contributed by atoms with Gasteiger partial charge in [0.1, 0.15) is 0 Å². The highest BCUT2D eigenvalue weighted by Crippen LogP contribution is 2.25. The maximum atomic E-state index is 11.1. The molecule has 1 saturated heterocycles. The summed E-state index contributed by atoms with van der Waals surface area (Å²) < 4.78 is 2.04. The molecule has 1 aliphatic heterocycles. The molecule has 2 aromatic rings. The molecule has 5 heteroatoms. The number of aliphatic carboxylic acids is 1. The minimum atomic E-state index is -0.705. The summed E-state index contributed by atoms with van der Waals surface area (Å²) in [5.74, 6) is -0.121. The average molecular weight is 259 g/mol. The van der Waals surface area contributed by atoms with E-state index in [0.29, 0.717) is 6.54 Å². The Bertz CT molecular complexity index is 620. The number of para-hydroxylation sites is 2. The molecule has 5 nitrogen and oxygen atoms in total. The zero-order valence-electron chi connectivity index (χ0n) is 10.9. The van der Waals surface area contributed by atoms with E-state index < -0.39 is 5.97 Å². The first kappa shape index (κ1) is 12.0. The van der Waals surface area contributed by atoms with Gasteiger partial charge in [-0.05, 0) is 25.0 Å². The van der Waals surface area contributed by atoms with Crippen LogP contribution in [0, 0.1) is 5.92 Å². The lowest BCUT2D eigenvalue weighted by Crippen LogP contribution is -2.39. The Morgan fingerprint density at radius 3 is 2.95 bits per heavy atom. The second-order valence-corrected chi connectivity index (χ2v) is 5.08. The monoisotopic (exact) mass is 259 g/mol. The smallest absolute Gasteiger partial charge is 0.308 e. The van der Waals surface area contributed by atoms with Crippen LogP contribution in [-0.2, 0) is 11.8 Å². The van der Waals surface area contributed by atoms with E-state index in [4.69, 9.17) is 5.11 Å². The summed E-state index contributed by atoms with van der Waals surface area (Å²) in [6.07, 6.45) is 1.66. The first-order chi connectivity index (χ1) is 9.16. The Morgan fingerprint density at radius 2 is 2.21 bits per heavy atom. The molecule has 1 aliphatic rings. The van der Waals surface area contributed by atoms with Crippen LogP contribution in [0.3, 0.4) is 0 Å². The molecular formula is C14H17N3O2. The molecule has 1 atom stereocenters. The molecule has 0 saturated carbocycles. The predicted octanol–water partition coefficient (Wildman–Crippen LogP) is 1.87. The fraction of sp³-hybridized carbons (Fsp3) is 0.429. The fourth-order valence-electron chi connectivity index (χ4n) is 2.78. The Kier molecular flexibility index (Phi) is 2.89. The molecule has 0 unspecified atom stereocenters. The molecule has 0 amide bonds. The van der Waals surface area contributed by atoms with E-state index >= 15 is 0 Å². The van der Waals surface area contributed by atoms with Gasteiger partial charge in [-0.25, -0.2) is 4.98 Å². The summed E-state index contributed by atoms with van der Waals surface area (Å²) in [6, 6.07) is 7.97. The number of fused-ring (bicyclic) bond motifs is 1. The van der Waals surface area contributed by atoms with Gasteiger partial charge in [0.05, 0.1) is 17.0 Å². The molecule has 0 spiro atoms. The minimum absolute atomic E-state index is 0.284. The second kappa shape index (κ2) is 4.57. The number of anilines is 1. The molecule has 100 valence electrons. The van der Waals surface area contributed by atoms with E-state index in [1.54, 1.807) is 0 Å². The zero-order chi connectivity index (χ0) is 13.4. The van der Waals surface area contributed by atoms with Crippen molar-refractivity contribution in [3.8, 4) is 0 Å². The number of hydrogen-bond donors (Lipinski definition) is 1. The number of rotatable bonds is 2. The third-order valence-corrected chi connectivity index (χ3v) is 3.82. The van der Waals surface area contributed by atoms with Crippen molar-refractivity contribution in [2.75, 3.05) is 18.0 Å². The molecule has 1 N–H and O–H groups in total. The van der Waals surface area contributed by atoms with Crippen LogP contribution in [0.2, 0.25) is 0 Å². The van der Waals surface area contributed by atoms with Gasteiger partial charge in [-0.2, -0.15) is 0 Å². The van der Waals surface area contributed by atoms with E-state index in [-0.39, 0.29) is 5.92 Å². The van der Waals surface area contributed by atoms with Crippen molar-refractivity contribution in [2.45, 2.75) is 12.8 Å². The molecule has 1 aromatic carbocycles. The molecular weight excluding hydrogens is 242 g/mol. The van der Waals surface area contributed by atoms with Crippen LogP contribution in [0.4, 0.5) is 5.95 Å². The number of carboxylic acid groups (broad SMARTS) is 1. The fourth-order valence-corrected chi connectivity index (χ4v) is 2.78. The third kappa shape index (κ3) is 2.05. The van der Waals surface area contributed by atoms with Crippen LogP contribution < -0.4 is 4.90 Å². The van der Waals surface area contributed by atoms with Crippen molar-refractivity contribution in [1.29, 1.82) is 0 Å². The molecule has 0 radical (unpaired) electrons. The number of nitrogens with zero attached hydrogens (tertiary/aromatic N) is 3. The summed E-state index contributed by atoms with van der Waals surface area (Å²) in [4.78, 5) is 17.8. The summed E-state index contributed by atoms with van der Waals surface area (Å²) in [7, 11) is 1.98. The van der Waals surface area contributed by atoms with E-state index in [1.165, 1.54) is 0 Å². The quantitative estimate of drug-likeness (QED) is 0.894. The van der Waals surface area contributed by atoms with Crippen molar-refractivity contribution >= 4 is 23.0 Å². The van der Waals surface area contributed by atoms with E-state index in [1.807, 2.05) is 35.9 Å². The average Bonchev–Trinajstić information content (AvgIpc) is 2.77. The van der Waals surface area contributed by atoms with E-state index in [9.17, 15) is 4.79 Å². The Hall–Kier alpha value is -2.04.